The molecule has 6 N–H and O–H groups in total. The highest BCUT2D eigenvalue weighted by molar-refractivity contribution is 5.92. The minimum atomic E-state index is -1.65. The van der Waals surface area contributed by atoms with E-state index in [4.69, 9.17) is 10.5 Å². The molecule has 41 heavy (non-hydrogen) atoms. The van der Waals surface area contributed by atoms with Crippen molar-refractivity contribution in [1.29, 1.82) is 0 Å². The van der Waals surface area contributed by atoms with Crippen molar-refractivity contribution in [3.8, 4) is 0 Å². The first-order valence-corrected chi connectivity index (χ1v) is 13.7. The fraction of sp³-hybridized carbons (Fsp3) is 0.607. The second-order valence-corrected chi connectivity index (χ2v) is 11.4. The third-order valence-electron chi connectivity index (χ3n) is 6.48. The summed E-state index contributed by atoms with van der Waals surface area (Å²) < 4.78 is 5.36. The highest BCUT2D eigenvalue weighted by atomic mass is 16.6. The normalized spacial score (nSPS) is 19.0. The second kappa shape index (κ2) is 14.8. The zero-order chi connectivity index (χ0) is 30.9. The summed E-state index contributed by atoms with van der Waals surface area (Å²) in [4.78, 5) is 66.2. The number of aliphatic hydroxyl groups excluding tert-OH is 1. The number of carbonyl (C=O) groups is 5. The van der Waals surface area contributed by atoms with Crippen molar-refractivity contribution in [2.45, 2.75) is 70.4 Å². The number of aliphatic hydroxyl groups is 1. The van der Waals surface area contributed by atoms with Crippen molar-refractivity contribution in [2.75, 3.05) is 33.7 Å². The summed E-state index contributed by atoms with van der Waals surface area (Å²) in [6.07, 6.45) is -1.41. The van der Waals surface area contributed by atoms with E-state index in [-0.39, 0.29) is 25.4 Å². The summed E-state index contributed by atoms with van der Waals surface area (Å²) in [5.41, 5.74) is 6.01. The lowest BCUT2D eigenvalue weighted by Crippen LogP contribution is -2.54. The Bertz CT molecular complexity index is 1080. The van der Waals surface area contributed by atoms with E-state index in [0.717, 1.165) is 0 Å². The van der Waals surface area contributed by atoms with Gasteiger partial charge in [-0.1, -0.05) is 43.7 Å². The number of nitrogens with two attached hydrogens (primary N) is 1. The summed E-state index contributed by atoms with van der Waals surface area (Å²) >= 11 is 0. The smallest absolute Gasteiger partial charge is 0.410 e. The van der Waals surface area contributed by atoms with Crippen LogP contribution in [0.25, 0.3) is 0 Å². The van der Waals surface area contributed by atoms with Crippen molar-refractivity contribution in [3.05, 3.63) is 35.9 Å². The predicted octanol–water partition coefficient (Wildman–Crippen LogP) is -0.112. The summed E-state index contributed by atoms with van der Waals surface area (Å²) in [5, 5.41) is 18.4. The van der Waals surface area contributed by atoms with Gasteiger partial charge in [0.2, 0.25) is 17.7 Å². The van der Waals surface area contributed by atoms with Gasteiger partial charge in [-0.15, -0.1) is 0 Å². The highest BCUT2D eigenvalue weighted by Gasteiger charge is 2.40. The zero-order valence-corrected chi connectivity index (χ0v) is 24.7. The van der Waals surface area contributed by atoms with Gasteiger partial charge in [0.25, 0.3) is 5.91 Å². The largest absolute Gasteiger partial charge is 0.444 e. The average molecular weight is 577 g/mol. The molecule has 1 saturated heterocycles. The number of likely N-dealkylation sites (N-methyl/N-ethyl adjacent to an activating group) is 1. The Kier molecular flexibility index (Phi) is 12.1. The quantitative estimate of drug-likeness (QED) is 0.242. The molecule has 0 aliphatic carbocycles. The van der Waals surface area contributed by atoms with E-state index in [9.17, 15) is 29.1 Å². The molecule has 13 heteroatoms. The molecule has 5 amide bonds. The molecule has 2 rings (SSSR count). The van der Waals surface area contributed by atoms with Crippen LogP contribution in [0.5, 0.6) is 0 Å². The van der Waals surface area contributed by atoms with Crippen LogP contribution in [0.15, 0.2) is 30.3 Å². The standard InChI is InChI=1S/C28H44N6O7/c1-7-11-20(31-24(37)18-15-34(16-19(18)29)27(40)41-28(2,3)4)23(36)25(38)30-14-21(35)32-22(26(39)33(5)6)17-12-9-8-10-13-17/h8-10,12-13,18-20,22-23,36H,7,11,14-16,29H2,1-6H3,(H,30,38)(H,31,37)(H,32,35)/t18?,19?,20-,22-,23?/m0/s1. The first-order valence-electron chi connectivity index (χ1n) is 13.7. The molecule has 3 unspecified atom stereocenters. The summed E-state index contributed by atoms with van der Waals surface area (Å²) in [7, 11) is 3.14. The van der Waals surface area contributed by atoms with E-state index in [1.54, 1.807) is 65.2 Å². The van der Waals surface area contributed by atoms with Crippen molar-refractivity contribution >= 4 is 29.7 Å². The second-order valence-electron chi connectivity index (χ2n) is 11.4. The van der Waals surface area contributed by atoms with E-state index in [0.29, 0.717) is 12.0 Å². The molecular weight excluding hydrogens is 532 g/mol. The topological polar surface area (TPSA) is 183 Å². The number of benzene rings is 1. The first kappa shape index (κ1) is 33.5. The Labute approximate surface area is 241 Å². The number of nitrogens with one attached hydrogen (secondary N) is 3. The predicted molar refractivity (Wildman–Crippen MR) is 151 cm³/mol. The van der Waals surface area contributed by atoms with E-state index in [1.165, 1.54) is 9.80 Å². The van der Waals surface area contributed by atoms with Gasteiger partial charge in [-0.3, -0.25) is 19.2 Å². The molecule has 0 saturated carbocycles. The van der Waals surface area contributed by atoms with Gasteiger partial charge in [0.05, 0.1) is 18.5 Å². The lowest BCUT2D eigenvalue weighted by atomic mass is 10.00. The number of carbonyl (C=O) groups excluding carboxylic acids is 5. The molecule has 0 aromatic heterocycles. The molecule has 1 aliphatic rings. The number of amides is 5. The Balaban J connectivity index is 1.97. The molecule has 1 heterocycles. The molecule has 0 radical (unpaired) electrons. The van der Waals surface area contributed by atoms with Crippen LogP contribution >= 0.6 is 0 Å². The third-order valence-corrected chi connectivity index (χ3v) is 6.48. The molecule has 1 aliphatic heterocycles. The van der Waals surface area contributed by atoms with Gasteiger partial charge in [0.1, 0.15) is 11.6 Å². The fourth-order valence-corrected chi connectivity index (χ4v) is 4.35. The first-order chi connectivity index (χ1) is 19.1. The zero-order valence-electron chi connectivity index (χ0n) is 24.7. The number of nitrogens with zero attached hydrogens (tertiary/aromatic N) is 2. The van der Waals surface area contributed by atoms with Gasteiger partial charge in [0.15, 0.2) is 6.10 Å². The fourth-order valence-electron chi connectivity index (χ4n) is 4.35. The summed E-state index contributed by atoms with van der Waals surface area (Å²) in [6, 6.07) is 6.12. The van der Waals surface area contributed by atoms with E-state index < -0.39 is 66.1 Å². The number of hydrogen-bond donors (Lipinski definition) is 5. The SMILES string of the molecule is CCC[C@H](NC(=O)C1CN(C(=O)OC(C)(C)C)CC1N)C(O)C(=O)NCC(=O)N[C@H](C(=O)N(C)C)c1ccccc1. The minimum Gasteiger partial charge on any atom is -0.444 e. The van der Waals surface area contributed by atoms with E-state index >= 15 is 0 Å². The Morgan fingerprint density at radius 3 is 2.29 bits per heavy atom. The number of hydrogen-bond acceptors (Lipinski definition) is 8. The molecule has 1 aromatic carbocycles. The monoisotopic (exact) mass is 576 g/mol. The lowest BCUT2D eigenvalue weighted by Gasteiger charge is -2.26. The van der Waals surface area contributed by atoms with Crippen LogP contribution in [0.3, 0.4) is 0 Å². The molecule has 5 atom stereocenters. The van der Waals surface area contributed by atoms with Crippen LogP contribution in [0.1, 0.15) is 52.1 Å². The van der Waals surface area contributed by atoms with Crippen LogP contribution < -0.4 is 21.7 Å². The Morgan fingerprint density at radius 1 is 1.10 bits per heavy atom. The average Bonchev–Trinajstić information content (AvgIpc) is 3.30. The Hall–Kier alpha value is -3.71. The van der Waals surface area contributed by atoms with Crippen LogP contribution in [0.2, 0.25) is 0 Å². The molecule has 1 fully saturated rings. The Morgan fingerprint density at radius 2 is 1.73 bits per heavy atom. The maximum Gasteiger partial charge on any atom is 0.410 e. The van der Waals surface area contributed by atoms with E-state index in [1.807, 2.05) is 6.92 Å². The van der Waals surface area contributed by atoms with Gasteiger partial charge >= 0.3 is 6.09 Å². The van der Waals surface area contributed by atoms with E-state index in [2.05, 4.69) is 16.0 Å². The van der Waals surface area contributed by atoms with Crippen molar-refractivity contribution in [1.82, 2.24) is 25.8 Å². The van der Waals surface area contributed by atoms with Gasteiger partial charge in [-0.2, -0.15) is 0 Å². The van der Waals surface area contributed by atoms with Crippen molar-refractivity contribution in [3.63, 3.8) is 0 Å². The molecular formula is C28H44N6O7. The summed E-state index contributed by atoms with van der Waals surface area (Å²) in [5.74, 6) is -3.10. The third kappa shape index (κ3) is 10.0. The van der Waals surface area contributed by atoms with Crippen molar-refractivity contribution in [2.24, 2.45) is 11.7 Å². The van der Waals surface area contributed by atoms with Gasteiger partial charge < -0.3 is 41.3 Å². The maximum absolute atomic E-state index is 13.0. The number of likely N-dealkylation sites (tertiary alicyclic amines) is 1. The van der Waals surface area contributed by atoms with Crippen LogP contribution in [0, 0.1) is 5.92 Å². The van der Waals surface area contributed by atoms with Crippen molar-refractivity contribution < 1.29 is 33.8 Å². The van der Waals surface area contributed by atoms with Gasteiger partial charge in [0, 0.05) is 33.2 Å². The maximum atomic E-state index is 13.0. The molecule has 13 nitrogen and oxygen atoms in total. The molecule has 228 valence electrons. The van der Waals surface area contributed by atoms with Crippen LogP contribution in [-0.4, -0.2) is 102 Å². The van der Waals surface area contributed by atoms with Crippen LogP contribution in [-0.2, 0) is 23.9 Å². The molecule has 0 spiro atoms. The lowest BCUT2D eigenvalue weighted by molar-refractivity contribution is -0.136. The molecule has 1 aromatic rings. The number of rotatable bonds is 11. The number of ether oxygens (including phenoxy) is 1. The van der Waals surface area contributed by atoms with Gasteiger partial charge in [-0.25, -0.2) is 4.79 Å². The van der Waals surface area contributed by atoms with Gasteiger partial charge in [-0.05, 0) is 32.8 Å². The molecule has 0 bridgehead atoms. The minimum absolute atomic E-state index is 0.0392. The highest BCUT2D eigenvalue weighted by Crippen LogP contribution is 2.20. The summed E-state index contributed by atoms with van der Waals surface area (Å²) in [6.45, 7) is 6.71. The van der Waals surface area contributed by atoms with Crippen LogP contribution in [0.4, 0.5) is 4.79 Å².